The van der Waals surface area contributed by atoms with E-state index in [0.29, 0.717) is 48.3 Å². The van der Waals surface area contributed by atoms with Gasteiger partial charge in [-0.05, 0) is 50.3 Å². The van der Waals surface area contributed by atoms with Gasteiger partial charge in [-0.3, -0.25) is 19.3 Å². The number of methoxy groups -OCH3 is 1. The highest BCUT2D eigenvalue weighted by molar-refractivity contribution is 6.22. The Balaban J connectivity index is 1.57. The molecule has 6 heteroatoms. The van der Waals surface area contributed by atoms with Crippen molar-refractivity contribution in [2.75, 3.05) is 20.3 Å². The van der Waals surface area contributed by atoms with Crippen molar-refractivity contribution in [3.05, 3.63) is 34.9 Å². The summed E-state index contributed by atoms with van der Waals surface area (Å²) in [6.45, 7) is 0.828. The van der Waals surface area contributed by atoms with Crippen molar-refractivity contribution in [1.29, 1.82) is 0 Å². The van der Waals surface area contributed by atoms with Crippen LogP contribution >= 0.6 is 0 Å². The summed E-state index contributed by atoms with van der Waals surface area (Å²) >= 11 is 0. The molecular weight excluding hydrogens is 392 g/mol. The minimum absolute atomic E-state index is 0.0275. The molecule has 3 amide bonds. The van der Waals surface area contributed by atoms with E-state index < -0.39 is 0 Å². The number of hydrogen-bond donors (Lipinski definition) is 0. The van der Waals surface area contributed by atoms with Crippen molar-refractivity contribution in [2.24, 2.45) is 0 Å². The molecule has 3 aliphatic rings. The first-order valence-corrected chi connectivity index (χ1v) is 11.9. The van der Waals surface area contributed by atoms with Crippen LogP contribution < -0.4 is 0 Å². The molecule has 168 valence electrons. The minimum atomic E-state index is -0.298. The van der Waals surface area contributed by atoms with Gasteiger partial charge in [0.25, 0.3) is 17.7 Å². The number of carbonyl (C=O) groups excluding carboxylic acids is 3. The molecule has 0 bridgehead atoms. The summed E-state index contributed by atoms with van der Waals surface area (Å²) in [5.74, 6) is -0.543. The van der Waals surface area contributed by atoms with Crippen molar-refractivity contribution < 1.29 is 19.1 Å². The van der Waals surface area contributed by atoms with Crippen LogP contribution in [0.4, 0.5) is 0 Å². The smallest absolute Gasteiger partial charge is 0.261 e. The molecule has 0 aromatic heterocycles. The predicted molar refractivity (Wildman–Crippen MR) is 118 cm³/mol. The number of ether oxygens (including phenoxy) is 1. The summed E-state index contributed by atoms with van der Waals surface area (Å²) in [6, 6.07) is 5.65. The Morgan fingerprint density at radius 1 is 0.935 bits per heavy atom. The van der Waals surface area contributed by atoms with Gasteiger partial charge in [0, 0.05) is 37.9 Å². The Hall–Kier alpha value is -2.21. The monoisotopic (exact) mass is 426 g/mol. The Morgan fingerprint density at radius 2 is 1.52 bits per heavy atom. The van der Waals surface area contributed by atoms with E-state index in [4.69, 9.17) is 4.74 Å². The van der Waals surface area contributed by atoms with Crippen LogP contribution in [0.3, 0.4) is 0 Å². The molecule has 1 aliphatic heterocycles. The van der Waals surface area contributed by atoms with Crippen molar-refractivity contribution in [3.8, 4) is 0 Å². The minimum Gasteiger partial charge on any atom is -0.385 e. The number of rotatable bonds is 7. The fourth-order valence-electron chi connectivity index (χ4n) is 5.49. The molecule has 2 fully saturated rings. The van der Waals surface area contributed by atoms with Crippen LogP contribution in [-0.2, 0) is 4.74 Å². The molecule has 2 aliphatic carbocycles. The van der Waals surface area contributed by atoms with E-state index in [1.54, 1.807) is 25.3 Å². The maximum Gasteiger partial charge on any atom is 0.261 e. The standard InChI is InChI=1S/C25H34N2O4/c1-31-16-8-15-26-24(29)21-14-13-18(17-22(21)25(26)30)23(28)27(19-9-4-2-5-10-19)20-11-6-3-7-12-20/h13-14,17,19-20H,2-12,15-16H2,1H3. The Kier molecular flexibility index (Phi) is 7.06. The molecule has 2 saturated carbocycles. The zero-order valence-corrected chi connectivity index (χ0v) is 18.6. The lowest BCUT2D eigenvalue weighted by Crippen LogP contribution is -2.48. The highest BCUT2D eigenvalue weighted by atomic mass is 16.5. The summed E-state index contributed by atoms with van der Waals surface area (Å²) in [4.78, 5) is 42.7. The fraction of sp³-hybridized carbons (Fsp3) is 0.640. The topological polar surface area (TPSA) is 66.9 Å². The first-order chi connectivity index (χ1) is 15.1. The third-order valence-electron chi connectivity index (χ3n) is 7.12. The lowest BCUT2D eigenvalue weighted by Gasteiger charge is -2.42. The molecule has 0 unspecified atom stereocenters. The van der Waals surface area contributed by atoms with Crippen LogP contribution in [-0.4, -0.2) is 59.9 Å². The van der Waals surface area contributed by atoms with Crippen molar-refractivity contribution in [1.82, 2.24) is 9.80 Å². The van der Waals surface area contributed by atoms with Gasteiger partial charge in [-0.2, -0.15) is 0 Å². The number of imide groups is 1. The van der Waals surface area contributed by atoms with E-state index in [1.807, 2.05) is 0 Å². The molecule has 1 aromatic carbocycles. The number of hydrogen-bond acceptors (Lipinski definition) is 4. The van der Waals surface area contributed by atoms with Gasteiger partial charge in [0.05, 0.1) is 11.1 Å². The van der Waals surface area contributed by atoms with Gasteiger partial charge in [-0.1, -0.05) is 38.5 Å². The molecule has 0 spiro atoms. The molecule has 0 saturated heterocycles. The van der Waals surface area contributed by atoms with Gasteiger partial charge in [0.15, 0.2) is 0 Å². The fourth-order valence-corrected chi connectivity index (χ4v) is 5.49. The number of fused-ring (bicyclic) bond motifs is 1. The average molecular weight is 427 g/mol. The molecule has 1 heterocycles. The summed E-state index contributed by atoms with van der Waals surface area (Å²) in [6.07, 6.45) is 12.1. The molecular formula is C25H34N2O4. The Bertz CT molecular complexity index is 807. The second-order valence-corrected chi connectivity index (χ2v) is 9.16. The first-order valence-electron chi connectivity index (χ1n) is 11.9. The van der Waals surface area contributed by atoms with Crippen molar-refractivity contribution in [3.63, 3.8) is 0 Å². The summed E-state index contributed by atoms with van der Waals surface area (Å²) in [7, 11) is 1.60. The van der Waals surface area contributed by atoms with Gasteiger partial charge in [-0.15, -0.1) is 0 Å². The molecule has 31 heavy (non-hydrogen) atoms. The van der Waals surface area contributed by atoms with Gasteiger partial charge in [0.2, 0.25) is 0 Å². The van der Waals surface area contributed by atoms with Gasteiger partial charge in [-0.25, -0.2) is 0 Å². The molecule has 0 N–H and O–H groups in total. The highest BCUT2D eigenvalue weighted by Gasteiger charge is 2.37. The number of benzene rings is 1. The van der Waals surface area contributed by atoms with Crippen LogP contribution in [0, 0.1) is 0 Å². The van der Waals surface area contributed by atoms with Crippen LogP contribution in [0.25, 0.3) is 0 Å². The quantitative estimate of drug-likeness (QED) is 0.478. The number of amides is 3. The molecule has 6 nitrogen and oxygen atoms in total. The van der Waals surface area contributed by atoms with E-state index in [9.17, 15) is 14.4 Å². The predicted octanol–water partition coefficient (Wildman–Crippen LogP) is 4.43. The van der Waals surface area contributed by atoms with E-state index in [2.05, 4.69) is 4.90 Å². The Labute approximate surface area is 184 Å². The first kappa shape index (κ1) is 22.0. The third kappa shape index (κ3) is 4.54. The van der Waals surface area contributed by atoms with Crippen LogP contribution in [0.2, 0.25) is 0 Å². The molecule has 0 radical (unpaired) electrons. The van der Waals surface area contributed by atoms with E-state index in [0.717, 1.165) is 25.7 Å². The van der Waals surface area contributed by atoms with Gasteiger partial charge >= 0.3 is 0 Å². The van der Waals surface area contributed by atoms with Crippen LogP contribution in [0.5, 0.6) is 0 Å². The van der Waals surface area contributed by atoms with Crippen LogP contribution in [0.15, 0.2) is 18.2 Å². The maximum absolute atomic E-state index is 13.7. The lowest BCUT2D eigenvalue weighted by atomic mass is 9.88. The summed E-state index contributed by atoms with van der Waals surface area (Å²) in [5, 5.41) is 0. The number of carbonyl (C=O) groups is 3. The van der Waals surface area contributed by atoms with Gasteiger partial charge < -0.3 is 9.64 Å². The average Bonchev–Trinajstić information content (AvgIpc) is 3.05. The van der Waals surface area contributed by atoms with Crippen LogP contribution in [0.1, 0.15) is 102 Å². The summed E-state index contributed by atoms with van der Waals surface area (Å²) in [5.41, 5.74) is 1.30. The van der Waals surface area contributed by atoms with Gasteiger partial charge in [0.1, 0.15) is 0 Å². The summed E-state index contributed by atoms with van der Waals surface area (Å²) < 4.78 is 5.04. The van der Waals surface area contributed by atoms with E-state index >= 15 is 0 Å². The second-order valence-electron chi connectivity index (χ2n) is 9.16. The van der Waals surface area contributed by atoms with E-state index in [1.165, 1.54) is 43.4 Å². The number of nitrogens with zero attached hydrogens (tertiary/aromatic N) is 2. The normalized spacial score (nSPS) is 20.2. The second kappa shape index (κ2) is 9.94. The molecule has 0 atom stereocenters. The lowest BCUT2D eigenvalue weighted by molar-refractivity contribution is 0.0448. The SMILES string of the molecule is COCCCN1C(=O)c2ccc(C(=O)N(C3CCCCC3)C3CCCCC3)cc2C1=O. The van der Waals surface area contributed by atoms with E-state index in [-0.39, 0.29) is 17.7 Å². The largest absolute Gasteiger partial charge is 0.385 e. The highest BCUT2D eigenvalue weighted by Crippen LogP contribution is 2.32. The third-order valence-corrected chi connectivity index (χ3v) is 7.12. The molecule has 1 aromatic rings. The van der Waals surface area contributed by atoms with Crippen molar-refractivity contribution >= 4 is 17.7 Å². The zero-order valence-electron chi connectivity index (χ0n) is 18.6. The molecule has 4 rings (SSSR count). The zero-order chi connectivity index (χ0) is 21.8. The Morgan fingerprint density at radius 3 is 2.10 bits per heavy atom. The van der Waals surface area contributed by atoms with Crippen molar-refractivity contribution in [2.45, 2.75) is 82.7 Å². The maximum atomic E-state index is 13.7.